The fourth-order valence-electron chi connectivity index (χ4n) is 3.03. The maximum absolute atomic E-state index is 12.4. The van der Waals surface area contributed by atoms with Crippen molar-refractivity contribution in [2.75, 3.05) is 18.5 Å². The number of ether oxygens (including phenoxy) is 1. The molecule has 0 spiro atoms. The summed E-state index contributed by atoms with van der Waals surface area (Å²) in [6, 6.07) is 12.4. The van der Waals surface area contributed by atoms with Crippen molar-refractivity contribution in [2.45, 2.75) is 26.7 Å². The number of rotatable bonds is 7. The molecule has 27 heavy (non-hydrogen) atoms. The van der Waals surface area contributed by atoms with E-state index in [9.17, 15) is 14.4 Å². The van der Waals surface area contributed by atoms with E-state index in [0.29, 0.717) is 29.8 Å². The first-order valence-corrected chi connectivity index (χ1v) is 8.99. The summed E-state index contributed by atoms with van der Waals surface area (Å²) < 4.78 is 5.36. The molecule has 1 N–H and O–H groups in total. The number of anilines is 1. The Morgan fingerprint density at radius 1 is 1.04 bits per heavy atom. The molecule has 1 heterocycles. The molecule has 6 heteroatoms. The van der Waals surface area contributed by atoms with E-state index in [1.807, 2.05) is 19.9 Å². The Hall–Kier alpha value is -3.15. The fraction of sp³-hybridized carbons (Fsp3) is 0.286. The normalized spacial score (nSPS) is 12.9. The largest absolute Gasteiger partial charge is 0.494 e. The third-order valence-electron chi connectivity index (χ3n) is 4.36. The van der Waals surface area contributed by atoms with Crippen LogP contribution in [0, 0.1) is 6.92 Å². The van der Waals surface area contributed by atoms with Crippen LogP contribution >= 0.6 is 0 Å². The second-order valence-corrected chi connectivity index (χ2v) is 6.42. The van der Waals surface area contributed by atoms with Crippen molar-refractivity contribution in [1.82, 2.24) is 4.90 Å². The minimum atomic E-state index is -0.290. The number of carbonyl (C=O) groups is 3. The van der Waals surface area contributed by atoms with Gasteiger partial charge in [-0.1, -0.05) is 11.6 Å². The topological polar surface area (TPSA) is 75.7 Å². The zero-order valence-corrected chi connectivity index (χ0v) is 15.5. The molecule has 0 radical (unpaired) electrons. The van der Waals surface area contributed by atoms with Gasteiger partial charge in [-0.2, -0.15) is 0 Å². The lowest BCUT2D eigenvalue weighted by atomic mass is 10.1. The number of fused-ring (bicyclic) bond motifs is 1. The molecule has 0 atom stereocenters. The van der Waals surface area contributed by atoms with Crippen molar-refractivity contribution in [3.05, 3.63) is 59.2 Å². The molecular weight excluding hydrogens is 344 g/mol. The van der Waals surface area contributed by atoms with Gasteiger partial charge in [-0.3, -0.25) is 19.3 Å². The molecule has 2 aromatic rings. The van der Waals surface area contributed by atoms with E-state index in [-0.39, 0.29) is 30.7 Å². The van der Waals surface area contributed by atoms with Crippen LogP contribution in [0.3, 0.4) is 0 Å². The van der Waals surface area contributed by atoms with E-state index in [2.05, 4.69) is 5.32 Å². The summed E-state index contributed by atoms with van der Waals surface area (Å²) in [5, 5.41) is 2.80. The fourth-order valence-corrected chi connectivity index (χ4v) is 3.03. The lowest BCUT2D eigenvalue weighted by molar-refractivity contribution is -0.116. The van der Waals surface area contributed by atoms with Crippen molar-refractivity contribution in [2.24, 2.45) is 0 Å². The molecule has 3 amide bonds. The number of hydrogen-bond donors (Lipinski definition) is 1. The van der Waals surface area contributed by atoms with Gasteiger partial charge in [-0.15, -0.1) is 0 Å². The zero-order chi connectivity index (χ0) is 19.4. The molecule has 140 valence electrons. The second kappa shape index (κ2) is 8.03. The highest BCUT2D eigenvalue weighted by atomic mass is 16.5. The summed E-state index contributed by atoms with van der Waals surface area (Å²) in [5.41, 5.74) is 2.49. The number of nitrogens with zero attached hydrogens (tertiary/aromatic N) is 1. The predicted octanol–water partition coefficient (Wildman–Crippen LogP) is 3.41. The molecule has 1 aliphatic heterocycles. The van der Waals surface area contributed by atoms with Crippen LogP contribution in [-0.4, -0.2) is 35.8 Å². The Morgan fingerprint density at radius 3 is 2.44 bits per heavy atom. The molecule has 0 saturated heterocycles. The summed E-state index contributed by atoms with van der Waals surface area (Å²) >= 11 is 0. The number of aryl methyl sites for hydroxylation is 1. The first-order chi connectivity index (χ1) is 13.0. The SMILES string of the molecule is CCOc1ccc(NC(=O)CCCN2C(=O)c3ccc(C)cc3C2=O)cc1. The zero-order valence-electron chi connectivity index (χ0n) is 15.5. The number of amides is 3. The van der Waals surface area contributed by atoms with E-state index in [1.54, 1.807) is 36.4 Å². The van der Waals surface area contributed by atoms with Crippen molar-refractivity contribution < 1.29 is 19.1 Å². The van der Waals surface area contributed by atoms with Crippen LogP contribution in [0.4, 0.5) is 5.69 Å². The third kappa shape index (κ3) is 4.16. The molecule has 0 aromatic heterocycles. The van der Waals surface area contributed by atoms with E-state index < -0.39 is 0 Å². The van der Waals surface area contributed by atoms with Crippen LogP contribution in [0.15, 0.2) is 42.5 Å². The van der Waals surface area contributed by atoms with Gasteiger partial charge in [0.05, 0.1) is 17.7 Å². The number of hydrogen-bond acceptors (Lipinski definition) is 4. The summed E-state index contributed by atoms with van der Waals surface area (Å²) in [6.45, 7) is 4.60. The second-order valence-electron chi connectivity index (χ2n) is 6.42. The van der Waals surface area contributed by atoms with E-state index in [1.165, 1.54) is 4.90 Å². The van der Waals surface area contributed by atoms with Gasteiger partial charge in [0.2, 0.25) is 5.91 Å². The molecule has 3 rings (SSSR count). The lowest BCUT2D eigenvalue weighted by Gasteiger charge is -2.13. The van der Waals surface area contributed by atoms with Gasteiger partial charge >= 0.3 is 0 Å². The van der Waals surface area contributed by atoms with Gasteiger partial charge in [0.25, 0.3) is 11.8 Å². The van der Waals surface area contributed by atoms with Crippen LogP contribution in [0.2, 0.25) is 0 Å². The Kier molecular flexibility index (Phi) is 5.54. The first kappa shape index (κ1) is 18.6. The monoisotopic (exact) mass is 366 g/mol. The summed E-state index contributed by atoms with van der Waals surface area (Å²) in [5.74, 6) is 0.00974. The van der Waals surface area contributed by atoms with Crippen LogP contribution in [0.25, 0.3) is 0 Å². The van der Waals surface area contributed by atoms with Crippen molar-refractivity contribution in [3.63, 3.8) is 0 Å². The maximum Gasteiger partial charge on any atom is 0.261 e. The summed E-state index contributed by atoms with van der Waals surface area (Å²) in [7, 11) is 0. The average molecular weight is 366 g/mol. The van der Waals surface area contributed by atoms with E-state index in [0.717, 1.165) is 11.3 Å². The highest BCUT2D eigenvalue weighted by Gasteiger charge is 2.34. The van der Waals surface area contributed by atoms with Crippen LogP contribution < -0.4 is 10.1 Å². The highest BCUT2D eigenvalue weighted by molar-refractivity contribution is 6.21. The molecule has 1 aliphatic rings. The van der Waals surface area contributed by atoms with Crippen LogP contribution in [-0.2, 0) is 4.79 Å². The number of nitrogens with one attached hydrogen (secondary N) is 1. The number of benzene rings is 2. The molecule has 0 saturated carbocycles. The Morgan fingerprint density at radius 2 is 1.74 bits per heavy atom. The van der Waals surface area contributed by atoms with Crippen LogP contribution in [0.1, 0.15) is 46.0 Å². The van der Waals surface area contributed by atoms with Crippen molar-refractivity contribution in [3.8, 4) is 5.75 Å². The summed E-state index contributed by atoms with van der Waals surface area (Å²) in [6.07, 6.45) is 0.632. The van der Waals surface area contributed by atoms with E-state index >= 15 is 0 Å². The molecule has 6 nitrogen and oxygen atoms in total. The average Bonchev–Trinajstić information content (AvgIpc) is 2.88. The number of imide groups is 1. The van der Waals surface area contributed by atoms with Gasteiger partial charge < -0.3 is 10.1 Å². The highest BCUT2D eigenvalue weighted by Crippen LogP contribution is 2.24. The van der Waals surface area contributed by atoms with Crippen molar-refractivity contribution >= 4 is 23.4 Å². The molecule has 0 aliphatic carbocycles. The van der Waals surface area contributed by atoms with Gasteiger partial charge in [-0.05, 0) is 56.7 Å². The Labute approximate surface area is 158 Å². The standard InChI is InChI=1S/C21H22N2O4/c1-3-27-16-9-7-15(8-10-16)22-19(24)5-4-12-23-20(25)17-11-6-14(2)13-18(17)21(23)26/h6-11,13H,3-5,12H2,1-2H3,(H,22,24). The minimum absolute atomic E-state index is 0.161. The van der Waals surface area contributed by atoms with Gasteiger partial charge in [0.15, 0.2) is 0 Å². The molecule has 2 aromatic carbocycles. The third-order valence-corrected chi connectivity index (χ3v) is 4.36. The molecule has 0 bridgehead atoms. The van der Waals surface area contributed by atoms with Gasteiger partial charge in [-0.25, -0.2) is 0 Å². The van der Waals surface area contributed by atoms with Gasteiger partial charge in [0.1, 0.15) is 5.75 Å². The quantitative estimate of drug-likeness (QED) is 0.762. The van der Waals surface area contributed by atoms with Crippen LogP contribution in [0.5, 0.6) is 5.75 Å². The summed E-state index contributed by atoms with van der Waals surface area (Å²) in [4.78, 5) is 38.1. The molecule has 0 fully saturated rings. The maximum atomic E-state index is 12.4. The van der Waals surface area contributed by atoms with Gasteiger partial charge in [0, 0.05) is 18.7 Å². The smallest absolute Gasteiger partial charge is 0.261 e. The Bertz CT molecular complexity index is 874. The van der Waals surface area contributed by atoms with Crippen molar-refractivity contribution in [1.29, 1.82) is 0 Å². The lowest BCUT2D eigenvalue weighted by Crippen LogP contribution is -2.31. The predicted molar refractivity (Wildman–Crippen MR) is 102 cm³/mol. The Balaban J connectivity index is 1.50. The molecular formula is C21H22N2O4. The minimum Gasteiger partial charge on any atom is -0.494 e. The van der Waals surface area contributed by atoms with E-state index in [4.69, 9.17) is 4.74 Å². The first-order valence-electron chi connectivity index (χ1n) is 8.99. The number of carbonyl (C=O) groups excluding carboxylic acids is 3. The molecule has 0 unspecified atom stereocenters.